The van der Waals surface area contributed by atoms with Crippen LogP contribution in [0, 0.1) is 0 Å². The molecule has 2 N–H and O–H groups in total. The Kier molecular flexibility index (Phi) is 5.31. The third kappa shape index (κ3) is 3.74. The fourth-order valence-electron chi connectivity index (χ4n) is 2.71. The smallest absolute Gasteiger partial charge is 0.319 e. The number of carbonyl (C=O) groups excluding carboxylic acids is 1. The normalized spacial score (nSPS) is 11.8. The van der Waals surface area contributed by atoms with Gasteiger partial charge in [-0.25, -0.2) is 4.79 Å². The molecule has 6 nitrogen and oxygen atoms in total. The third-order valence-corrected chi connectivity index (χ3v) is 3.96. The van der Waals surface area contributed by atoms with E-state index in [4.69, 9.17) is 13.9 Å². The van der Waals surface area contributed by atoms with Crippen molar-refractivity contribution in [2.45, 2.75) is 19.9 Å². The number of hydrogen-bond acceptors (Lipinski definition) is 4. The number of ether oxygens (including phenoxy) is 2. The molecular weight excluding hydrogens is 332 g/mol. The Morgan fingerprint density at radius 3 is 2.69 bits per heavy atom. The number of fused-ring (bicyclic) bond motifs is 1. The van der Waals surface area contributed by atoms with Gasteiger partial charge in [-0.1, -0.05) is 24.3 Å². The maximum Gasteiger partial charge on any atom is 0.319 e. The summed E-state index contributed by atoms with van der Waals surface area (Å²) in [5, 5.41) is 6.59. The summed E-state index contributed by atoms with van der Waals surface area (Å²) in [6, 6.07) is 14.2. The summed E-state index contributed by atoms with van der Waals surface area (Å²) in [7, 11) is 1.56. The molecule has 1 heterocycles. The molecule has 0 radical (unpaired) electrons. The molecule has 3 aromatic rings. The monoisotopic (exact) mass is 354 g/mol. The van der Waals surface area contributed by atoms with Crippen LogP contribution in [-0.4, -0.2) is 19.7 Å². The minimum atomic E-state index is -0.340. The van der Waals surface area contributed by atoms with Crippen molar-refractivity contribution in [2.75, 3.05) is 19.0 Å². The van der Waals surface area contributed by atoms with Crippen LogP contribution < -0.4 is 20.1 Å². The van der Waals surface area contributed by atoms with Crippen molar-refractivity contribution in [2.24, 2.45) is 0 Å². The molecule has 3 rings (SSSR count). The lowest BCUT2D eigenvalue weighted by Gasteiger charge is -2.14. The van der Waals surface area contributed by atoms with Crippen LogP contribution in [0.15, 0.2) is 52.9 Å². The fourth-order valence-corrected chi connectivity index (χ4v) is 2.71. The highest BCUT2D eigenvalue weighted by Crippen LogP contribution is 2.31. The van der Waals surface area contributed by atoms with Crippen LogP contribution in [0.25, 0.3) is 11.0 Å². The van der Waals surface area contributed by atoms with Crippen molar-refractivity contribution < 1.29 is 18.7 Å². The van der Waals surface area contributed by atoms with Gasteiger partial charge in [-0.15, -0.1) is 0 Å². The van der Waals surface area contributed by atoms with Crippen molar-refractivity contribution in [3.63, 3.8) is 0 Å². The summed E-state index contributed by atoms with van der Waals surface area (Å²) in [6.07, 6.45) is 0. The number of rotatable bonds is 6. The van der Waals surface area contributed by atoms with E-state index >= 15 is 0 Å². The molecular formula is C20H22N2O4. The van der Waals surface area contributed by atoms with Crippen molar-refractivity contribution in [1.82, 2.24) is 5.32 Å². The zero-order valence-electron chi connectivity index (χ0n) is 15.0. The number of benzene rings is 2. The largest absolute Gasteiger partial charge is 0.495 e. The van der Waals surface area contributed by atoms with E-state index in [-0.39, 0.29) is 12.1 Å². The number of hydrogen-bond donors (Lipinski definition) is 2. The minimum absolute atomic E-state index is 0.313. The average Bonchev–Trinajstić information content (AvgIpc) is 3.08. The van der Waals surface area contributed by atoms with Crippen LogP contribution in [0.3, 0.4) is 0 Å². The lowest BCUT2D eigenvalue weighted by atomic mass is 10.2. The Labute approximate surface area is 152 Å². The molecule has 0 aliphatic rings. The Morgan fingerprint density at radius 1 is 1.15 bits per heavy atom. The van der Waals surface area contributed by atoms with Gasteiger partial charge in [0.05, 0.1) is 25.4 Å². The molecule has 0 unspecified atom stereocenters. The number of urea groups is 1. The van der Waals surface area contributed by atoms with Crippen molar-refractivity contribution in [3.05, 3.63) is 54.3 Å². The molecule has 2 aromatic carbocycles. The maximum atomic E-state index is 12.3. The first-order chi connectivity index (χ1) is 12.6. The van der Waals surface area contributed by atoms with Crippen LogP contribution in [0.5, 0.6) is 11.5 Å². The Balaban J connectivity index is 1.73. The van der Waals surface area contributed by atoms with E-state index in [1.807, 2.05) is 50.2 Å². The first-order valence-electron chi connectivity index (χ1n) is 8.48. The van der Waals surface area contributed by atoms with Gasteiger partial charge in [0.15, 0.2) is 11.3 Å². The molecule has 0 fully saturated rings. The summed E-state index contributed by atoms with van der Waals surface area (Å²) in [5.74, 6) is 1.95. The molecule has 26 heavy (non-hydrogen) atoms. The second kappa shape index (κ2) is 7.82. The summed E-state index contributed by atoms with van der Waals surface area (Å²) < 4.78 is 16.7. The fraction of sp³-hybridized carbons (Fsp3) is 0.250. The number of furan rings is 1. The van der Waals surface area contributed by atoms with Gasteiger partial charge >= 0.3 is 6.03 Å². The number of amides is 2. The Hall–Kier alpha value is -3.15. The molecule has 6 heteroatoms. The van der Waals surface area contributed by atoms with Crippen LogP contribution in [0.1, 0.15) is 25.6 Å². The summed E-state index contributed by atoms with van der Waals surface area (Å²) in [4.78, 5) is 12.3. The predicted octanol–water partition coefficient (Wildman–Crippen LogP) is 4.72. The van der Waals surface area contributed by atoms with E-state index in [1.54, 1.807) is 19.2 Å². The number of para-hydroxylation sites is 3. The molecule has 0 bridgehead atoms. The molecule has 0 aliphatic heterocycles. The Bertz CT molecular complexity index is 904. The molecule has 1 atom stereocenters. The first-order valence-corrected chi connectivity index (χ1v) is 8.48. The van der Waals surface area contributed by atoms with Crippen molar-refractivity contribution in [3.8, 4) is 11.5 Å². The number of nitrogens with one attached hydrogen (secondary N) is 2. The second-order valence-electron chi connectivity index (χ2n) is 5.78. The SMILES string of the molecule is CCOc1cccc2cc([C@H](C)NC(=O)Nc3ccccc3OC)oc12. The van der Waals surface area contributed by atoms with Gasteiger partial charge in [-0.05, 0) is 38.1 Å². The zero-order chi connectivity index (χ0) is 18.5. The van der Waals surface area contributed by atoms with E-state index in [0.717, 1.165) is 5.39 Å². The summed E-state index contributed by atoms with van der Waals surface area (Å²) in [5.41, 5.74) is 1.28. The van der Waals surface area contributed by atoms with E-state index in [9.17, 15) is 4.79 Å². The third-order valence-electron chi connectivity index (χ3n) is 3.96. The number of anilines is 1. The average molecular weight is 354 g/mol. The molecule has 0 saturated heterocycles. The van der Waals surface area contributed by atoms with Gasteiger partial charge in [0.25, 0.3) is 0 Å². The minimum Gasteiger partial charge on any atom is -0.495 e. The second-order valence-corrected chi connectivity index (χ2v) is 5.78. The van der Waals surface area contributed by atoms with Crippen LogP contribution in [0.4, 0.5) is 10.5 Å². The van der Waals surface area contributed by atoms with Gasteiger partial charge in [-0.3, -0.25) is 0 Å². The standard InChI is InChI=1S/C20H22N2O4/c1-4-25-17-11-7-8-14-12-18(26-19(14)17)13(2)21-20(23)22-15-9-5-6-10-16(15)24-3/h5-13H,4H2,1-3H3,(H2,21,22,23)/t13-/m0/s1. The molecule has 0 aliphatic carbocycles. The van der Waals surface area contributed by atoms with Crippen LogP contribution >= 0.6 is 0 Å². The molecule has 136 valence electrons. The maximum absolute atomic E-state index is 12.3. The van der Waals surface area contributed by atoms with E-state index in [2.05, 4.69) is 10.6 Å². The molecule has 0 saturated carbocycles. The van der Waals surface area contributed by atoms with Gasteiger partial charge in [-0.2, -0.15) is 0 Å². The van der Waals surface area contributed by atoms with Crippen molar-refractivity contribution in [1.29, 1.82) is 0 Å². The van der Waals surface area contributed by atoms with Crippen LogP contribution in [-0.2, 0) is 0 Å². The molecule has 0 spiro atoms. The highest BCUT2D eigenvalue weighted by atomic mass is 16.5. The van der Waals surface area contributed by atoms with E-state index in [1.165, 1.54) is 0 Å². The Morgan fingerprint density at radius 2 is 1.92 bits per heavy atom. The topological polar surface area (TPSA) is 72.7 Å². The predicted molar refractivity (Wildman–Crippen MR) is 101 cm³/mol. The van der Waals surface area contributed by atoms with E-state index in [0.29, 0.717) is 35.1 Å². The van der Waals surface area contributed by atoms with Gasteiger partial charge < -0.3 is 24.5 Å². The first kappa shape index (κ1) is 17.7. The van der Waals surface area contributed by atoms with Gasteiger partial charge in [0.1, 0.15) is 11.5 Å². The zero-order valence-corrected chi connectivity index (χ0v) is 15.0. The summed E-state index contributed by atoms with van der Waals surface area (Å²) in [6.45, 7) is 4.35. The van der Waals surface area contributed by atoms with Gasteiger partial charge in [0.2, 0.25) is 0 Å². The lowest BCUT2D eigenvalue weighted by Crippen LogP contribution is -2.31. The highest BCUT2D eigenvalue weighted by molar-refractivity contribution is 5.91. The van der Waals surface area contributed by atoms with Gasteiger partial charge in [0, 0.05) is 5.39 Å². The summed E-state index contributed by atoms with van der Waals surface area (Å²) >= 11 is 0. The molecule has 1 aromatic heterocycles. The number of methoxy groups -OCH3 is 1. The lowest BCUT2D eigenvalue weighted by molar-refractivity contribution is 0.247. The number of carbonyl (C=O) groups is 1. The molecule has 2 amide bonds. The van der Waals surface area contributed by atoms with Crippen molar-refractivity contribution >= 4 is 22.7 Å². The van der Waals surface area contributed by atoms with E-state index < -0.39 is 0 Å². The highest BCUT2D eigenvalue weighted by Gasteiger charge is 2.17. The van der Waals surface area contributed by atoms with Crippen LogP contribution in [0.2, 0.25) is 0 Å². The quantitative estimate of drug-likeness (QED) is 0.672.